The van der Waals surface area contributed by atoms with E-state index in [0.717, 1.165) is 12.1 Å². The summed E-state index contributed by atoms with van der Waals surface area (Å²) in [4.78, 5) is 15.9. The summed E-state index contributed by atoms with van der Waals surface area (Å²) in [5.41, 5.74) is -0.0392. The van der Waals surface area contributed by atoms with Crippen LogP contribution in [-0.4, -0.2) is 38.6 Å². The molecule has 2 aromatic rings. The van der Waals surface area contributed by atoms with Gasteiger partial charge in [-0.05, 0) is 12.1 Å². The molecule has 0 saturated heterocycles. The molecule has 0 radical (unpaired) electrons. The highest BCUT2D eigenvalue weighted by atomic mass is 19.4. The second kappa shape index (κ2) is 7.81. The van der Waals surface area contributed by atoms with Gasteiger partial charge in [0.15, 0.2) is 23.0 Å². The molecule has 0 atom stereocenters. The van der Waals surface area contributed by atoms with Crippen LogP contribution in [0.25, 0.3) is 0 Å². The molecule has 7 nitrogen and oxygen atoms in total. The van der Waals surface area contributed by atoms with Crippen molar-refractivity contribution >= 4 is 5.97 Å². The number of methoxy groups -OCH3 is 3. The summed E-state index contributed by atoms with van der Waals surface area (Å²) in [6, 6.07) is 3.23. The minimum absolute atomic E-state index is 0.0287. The largest absolute Gasteiger partial charge is 0.573 e. The van der Waals surface area contributed by atoms with Crippen LogP contribution in [0.2, 0.25) is 0 Å². The number of pyridine rings is 1. The van der Waals surface area contributed by atoms with Crippen LogP contribution in [0, 0.1) is 0 Å². The number of esters is 1. The van der Waals surface area contributed by atoms with E-state index in [1.54, 1.807) is 0 Å². The molecule has 0 fully saturated rings. The zero-order valence-electron chi connectivity index (χ0n) is 13.9. The van der Waals surface area contributed by atoms with E-state index in [1.165, 1.54) is 39.8 Å². The van der Waals surface area contributed by atoms with Gasteiger partial charge in [-0.15, -0.1) is 13.2 Å². The Morgan fingerprint density at radius 1 is 0.962 bits per heavy atom. The van der Waals surface area contributed by atoms with E-state index < -0.39 is 18.1 Å². The predicted octanol–water partition coefficient (Wildman–Crippen LogP) is 3.58. The number of ether oxygens (including phenoxy) is 5. The fourth-order valence-electron chi connectivity index (χ4n) is 2.01. The van der Waals surface area contributed by atoms with E-state index in [9.17, 15) is 18.0 Å². The number of carbonyl (C=O) groups is 1. The molecule has 0 saturated carbocycles. The van der Waals surface area contributed by atoms with Crippen LogP contribution in [0.15, 0.2) is 30.6 Å². The van der Waals surface area contributed by atoms with Gasteiger partial charge in [0.1, 0.15) is 11.3 Å². The Hall–Kier alpha value is -3.17. The lowest BCUT2D eigenvalue weighted by Gasteiger charge is -2.15. The van der Waals surface area contributed by atoms with Gasteiger partial charge in [0, 0.05) is 6.07 Å². The molecular weight excluding hydrogens is 359 g/mol. The summed E-state index contributed by atoms with van der Waals surface area (Å²) in [6.07, 6.45) is -2.33. The Kier molecular flexibility index (Phi) is 5.75. The van der Waals surface area contributed by atoms with E-state index in [-0.39, 0.29) is 28.6 Å². The van der Waals surface area contributed by atoms with Gasteiger partial charge in [0.05, 0.1) is 33.7 Å². The minimum atomic E-state index is -4.85. The van der Waals surface area contributed by atoms with Crippen molar-refractivity contribution < 1.29 is 41.7 Å². The maximum atomic E-state index is 12.3. The molecule has 2 rings (SSSR count). The van der Waals surface area contributed by atoms with Crippen LogP contribution in [0.1, 0.15) is 10.4 Å². The lowest BCUT2D eigenvalue weighted by Crippen LogP contribution is -2.17. The lowest BCUT2D eigenvalue weighted by atomic mass is 10.2. The third-order valence-electron chi connectivity index (χ3n) is 3.07. The SMILES string of the molecule is COC(=O)c1c(OC)cncc1Oc1ccc(OC(F)(F)F)cc1OC. The van der Waals surface area contributed by atoms with Crippen LogP contribution in [0.5, 0.6) is 28.7 Å². The van der Waals surface area contributed by atoms with E-state index in [0.29, 0.717) is 0 Å². The second-order valence-electron chi connectivity index (χ2n) is 4.67. The van der Waals surface area contributed by atoms with Gasteiger partial charge in [0.25, 0.3) is 0 Å². The van der Waals surface area contributed by atoms with Gasteiger partial charge < -0.3 is 23.7 Å². The van der Waals surface area contributed by atoms with Crippen molar-refractivity contribution in [2.45, 2.75) is 6.36 Å². The van der Waals surface area contributed by atoms with Gasteiger partial charge in [0.2, 0.25) is 0 Å². The Morgan fingerprint density at radius 2 is 1.62 bits per heavy atom. The third-order valence-corrected chi connectivity index (χ3v) is 3.07. The van der Waals surface area contributed by atoms with Crippen molar-refractivity contribution in [3.63, 3.8) is 0 Å². The molecule has 0 spiro atoms. The summed E-state index contributed by atoms with van der Waals surface area (Å²) < 4.78 is 61.1. The molecular formula is C16H14F3NO6. The van der Waals surface area contributed by atoms with Crippen LogP contribution in [-0.2, 0) is 4.74 Å². The Morgan fingerprint density at radius 3 is 2.19 bits per heavy atom. The fourth-order valence-corrected chi connectivity index (χ4v) is 2.01. The minimum Gasteiger partial charge on any atom is -0.494 e. The van der Waals surface area contributed by atoms with Crippen molar-refractivity contribution in [1.82, 2.24) is 4.98 Å². The third kappa shape index (κ3) is 4.47. The topological polar surface area (TPSA) is 76.1 Å². The van der Waals surface area contributed by atoms with Crippen molar-refractivity contribution in [2.75, 3.05) is 21.3 Å². The number of benzene rings is 1. The zero-order valence-corrected chi connectivity index (χ0v) is 13.9. The first kappa shape index (κ1) is 19.2. The molecule has 0 unspecified atom stereocenters. The highest BCUT2D eigenvalue weighted by molar-refractivity contribution is 5.95. The number of hydrogen-bond acceptors (Lipinski definition) is 7. The summed E-state index contributed by atoms with van der Waals surface area (Å²) in [6.45, 7) is 0. The molecule has 140 valence electrons. The molecule has 0 amide bonds. The van der Waals surface area contributed by atoms with Crippen LogP contribution < -0.4 is 18.9 Å². The van der Waals surface area contributed by atoms with Gasteiger partial charge in [-0.1, -0.05) is 0 Å². The summed E-state index contributed by atoms with van der Waals surface area (Å²) in [5.74, 6) is -1.18. The highest BCUT2D eigenvalue weighted by Crippen LogP contribution is 2.38. The number of nitrogens with zero attached hydrogens (tertiary/aromatic N) is 1. The smallest absolute Gasteiger partial charge is 0.494 e. The number of halogens is 3. The monoisotopic (exact) mass is 373 g/mol. The maximum Gasteiger partial charge on any atom is 0.573 e. The predicted molar refractivity (Wildman–Crippen MR) is 81.9 cm³/mol. The Bertz CT molecular complexity index is 794. The molecule has 26 heavy (non-hydrogen) atoms. The van der Waals surface area contributed by atoms with Crippen LogP contribution in [0.3, 0.4) is 0 Å². The number of hydrogen-bond donors (Lipinski definition) is 0. The van der Waals surface area contributed by atoms with Crippen molar-refractivity contribution in [3.05, 3.63) is 36.2 Å². The number of alkyl halides is 3. The molecule has 1 heterocycles. The molecule has 0 bridgehead atoms. The van der Waals surface area contributed by atoms with Gasteiger partial charge in [-0.2, -0.15) is 0 Å². The van der Waals surface area contributed by atoms with E-state index in [1.807, 2.05) is 0 Å². The molecule has 0 aliphatic rings. The lowest BCUT2D eigenvalue weighted by molar-refractivity contribution is -0.274. The highest BCUT2D eigenvalue weighted by Gasteiger charge is 2.31. The van der Waals surface area contributed by atoms with Gasteiger partial charge in [-0.3, -0.25) is 4.98 Å². The molecule has 10 heteroatoms. The van der Waals surface area contributed by atoms with Gasteiger partial charge in [-0.25, -0.2) is 4.79 Å². The summed E-state index contributed by atoms with van der Waals surface area (Å²) in [7, 11) is 3.75. The van der Waals surface area contributed by atoms with E-state index in [2.05, 4.69) is 14.5 Å². The number of rotatable bonds is 6. The number of aromatic nitrogens is 1. The van der Waals surface area contributed by atoms with Crippen molar-refractivity contribution in [2.24, 2.45) is 0 Å². The Balaban J connectivity index is 2.41. The summed E-state index contributed by atoms with van der Waals surface area (Å²) in [5, 5.41) is 0. The average molecular weight is 373 g/mol. The first-order chi connectivity index (χ1) is 12.3. The number of carbonyl (C=O) groups excluding carboxylic acids is 1. The van der Waals surface area contributed by atoms with E-state index >= 15 is 0 Å². The first-order valence-corrected chi connectivity index (χ1v) is 7.01. The fraction of sp³-hybridized carbons (Fsp3) is 0.250. The molecule has 0 aliphatic heterocycles. The van der Waals surface area contributed by atoms with Crippen molar-refractivity contribution in [1.29, 1.82) is 0 Å². The van der Waals surface area contributed by atoms with Gasteiger partial charge >= 0.3 is 12.3 Å². The molecule has 0 N–H and O–H groups in total. The molecule has 1 aromatic carbocycles. The second-order valence-corrected chi connectivity index (χ2v) is 4.67. The maximum absolute atomic E-state index is 12.3. The Labute approximate surface area is 146 Å². The first-order valence-electron chi connectivity index (χ1n) is 7.01. The van der Waals surface area contributed by atoms with Crippen LogP contribution in [0.4, 0.5) is 13.2 Å². The zero-order chi connectivity index (χ0) is 19.3. The summed E-state index contributed by atoms with van der Waals surface area (Å²) >= 11 is 0. The standard InChI is InChI=1S/C16H14F3NO6/c1-22-11-6-9(26-16(17,18)19)4-5-10(11)25-13-8-20-7-12(23-2)14(13)15(21)24-3/h4-8H,1-3H3. The van der Waals surface area contributed by atoms with E-state index in [4.69, 9.17) is 14.2 Å². The van der Waals surface area contributed by atoms with Crippen molar-refractivity contribution in [3.8, 4) is 28.7 Å². The molecule has 1 aromatic heterocycles. The quantitative estimate of drug-likeness (QED) is 0.717. The molecule has 0 aliphatic carbocycles. The average Bonchev–Trinajstić information content (AvgIpc) is 2.60. The normalized spacial score (nSPS) is 10.8. The van der Waals surface area contributed by atoms with Crippen LogP contribution >= 0.6 is 0 Å².